The van der Waals surface area contributed by atoms with Crippen molar-refractivity contribution in [1.82, 2.24) is 15.2 Å². The Hall–Kier alpha value is -2.57. The quantitative estimate of drug-likeness (QED) is 0.647. The van der Waals surface area contributed by atoms with E-state index in [0.29, 0.717) is 16.6 Å². The van der Waals surface area contributed by atoms with Gasteiger partial charge in [0.15, 0.2) is 0 Å². The van der Waals surface area contributed by atoms with E-state index in [2.05, 4.69) is 26.6 Å². The number of rotatable bonds is 7. The van der Waals surface area contributed by atoms with E-state index < -0.39 is 0 Å². The molecular formula is C23H27N5O2S. The molecule has 1 atom stereocenters. The molecule has 1 aliphatic heterocycles. The van der Waals surface area contributed by atoms with E-state index in [0.717, 1.165) is 69.8 Å². The zero-order valence-corrected chi connectivity index (χ0v) is 18.3. The number of hydrogen-bond donors (Lipinski definition) is 2. The van der Waals surface area contributed by atoms with Crippen LogP contribution in [-0.2, 0) is 22.4 Å². The van der Waals surface area contributed by atoms with E-state index in [1.54, 1.807) is 18.5 Å². The van der Waals surface area contributed by atoms with Crippen LogP contribution in [-0.4, -0.2) is 61.2 Å². The van der Waals surface area contributed by atoms with Crippen LogP contribution in [0.4, 0.5) is 5.00 Å². The summed E-state index contributed by atoms with van der Waals surface area (Å²) in [5, 5.41) is 16.9. The number of pyridine rings is 1. The van der Waals surface area contributed by atoms with E-state index in [9.17, 15) is 10.1 Å². The van der Waals surface area contributed by atoms with Crippen LogP contribution >= 0.6 is 11.3 Å². The number of fused-ring (bicyclic) bond motifs is 1. The average molecular weight is 438 g/mol. The van der Waals surface area contributed by atoms with Crippen LogP contribution < -0.4 is 10.6 Å². The lowest BCUT2D eigenvalue weighted by Crippen LogP contribution is -2.43. The van der Waals surface area contributed by atoms with Gasteiger partial charge in [0.1, 0.15) is 11.1 Å². The molecule has 162 valence electrons. The molecule has 31 heavy (non-hydrogen) atoms. The van der Waals surface area contributed by atoms with E-state index in [4.69, 9.17) is 4.74 Å². The second-order valence-electron chi connectivity index (χ2n) is 7.78. The zero-order chi connectivity index (χ0) is 21.5. The summed E-state index contributed by atoms with van der Waals surface area (Å²) in [4.78, 5) is 20.0. The SMILES string of the molecule is N#Cc1c(NC(=O)/C=C/c2cccnc2)sc2c1CCC(NCCN1CCOCC1)C2. The fourth-order valence-electron chi connectivity index (χ4n) is 4.02. The first-order chi connectivity index (χ1) is 15.2. The Morgan fingerprint density at radius 2 is 2.29 bits per heavy atom. The third-order valence-electron chi connectivity index (χ3n) is 5.69. The average Bonchev–Trinajstić information content (AvgIpc) is 3.15. The highest BCUT2D eigenvalue weighted by Gasteiger charge is 2.26. The lowest BCUT2D eigenvalue weighted by atomic mass is 9.92. The van der Waals surface area contributed by atoms with Gasteiger partial charge in [-0.3, -0.25) is 14.7 Å². The number of carbonyl (C=O) groups is 1. The molecule has 0 saturated carbocycles. The molecule has 7 nitrogen and oxygen atoms in total. The van der Waals surface area contributed by atoms with Gasteiger partial charge in [-0.2, -0.15) is 5.26 Å². The van der Waals surface area contributed by atoms with Crippen LogP contribution in [0.3, 0.4) is 0 Å². The second kappa shape index (κ2) is 10.6. The number of amides is 1. The Morgan fingerprint density at radius 1 is 1.42 bits per heavy atom. The lowest BCUT2D eigenvalue weighted by molar-refractivity contribution is -0.111. The maximum atomic E-state index is 12.4. The third-order valence-corrected chi connectivity index (χ3v) is 6.86. The van der Waals surface area contributed by atoms with E-state index in [1.807, 2.05) is 12.1 Å². The van der Waals surface area contributed by atoms with Gasteiger partial charge >= 0.3 is 0 Å². The molecule has 0 aromatic carbocycles. The van der Waals surface area contributed by atoms with Crippen molar-refractivity contribution in [1.29, 1.82) is 5.26 Å². The Bertz CT molecular complexity index is 960. The summed E-state index contributed by atoms with van der Waals surface area (Å²) in [7, 11) is 0. The highest BCUT2D eigenvalue weighted by molar-refractivity contribution is 7.16. The standard InChI is InChI=1S/C23H27N5O2S/c24-15-20-19-5-4-18(26-8-9-28-10-12-30-13-11-28)14-21(19)31-23(20)27-22(29)6-3-17-2-1-7-25-16-17/h1-3,6-7,16,18,26H,4-5,8-14H2,(H,27,29)/b6-3+. The normalized spacial score (nSPS) is 19.1. The molecule has 2 aromatic heterocycles. The van der Waals surface area contributed by atoms with Gasteiger partial charge in [-0.15, -0.1) is 11.3 Å². The largest absolute Gasteiger partial charge is 0.379 e. The van der Waals surface area contributed by atoms with Gasteiger partial charge in [-0.1, -0.05) is 6.07 Å². The monoisotopic (exact) mass is 437 g/mol. The number of hydrogen-bond acceptors (Lipinski definition) is 7. The van der Waals surface area contributed by atoms with Crippen LogP contribution in [0.5, 0.6) is 0 Å². The van der Waals surface area contributed by atoms with Crippen LogP contribution in [0.15, 0.2) is 30.6 Å². The second-order valence-corrected chi connectivity index (χ2v) is 8.88. The summed E-state index contributed by atoms with van der Waals surface area (Å²) in [6, 6.07) is 6.42. The number of carbonyl (C=O) groups excluding carboxylic acids is 1. The summed E-state index contributed by atoms with van der Waals surface area (Å²) in [5.74, 6) is -0.237. The van der Waals surface area contributed by atoms with Crippen molar-refractivity contribution < 1.29 is 9.53 Å². The lowest BCUT2D eigenvalue weighted by Gasteiger charge is -2.28. The molecule has 0 bridgehead atoms. The number of nitrogens with zero attached hydrogens (tertiary/aromatic N) is 3. The van der Waals surface area contributed by atoms with Crippen molar-refractivity contribution in [3.05, 3.63) is 52.2 Å². The van der Waals surface area contributed by atoms with Gasteiger partial charge in [-0.25, -0.2) is 0 Å². The van der Waals surface area contributed by atoms with Gasteiger partial charge in [0.25, 0.3) is 0 Å². The van der Waals surface area contributed by atoms with Crippen molar-refractivity contribution in [2.24, 2.45) is 0 Å². The fourth-order valence-corrected chi connectivity index (χ4v) is 5.30. The summed E-state index contributed by atoms with van der Waals surface area (Å²) in [5.41, 5.74) is 2.58. The Balaban J connectivity index is 1.33. The molecule has 4 rings (SSSR count). The van der Waals surface area contributed by atoms with Crippen LogP contribution in [0.2, 0.25) is 0 Å². The first-order valence-corrected chi connectivity index (χ1v) is 11.5. The predicted octanol–water partition coefficient (Wildman–Crippen LogP) is 2.45. The first-order valence-electron chi connectivity index (χ1n) is 10.7. The van der Waals surface area contributed by atoms with E-state index in [1.165, 1.54) is 22.3 Å². The third kappa shape index (κ3) is 5.77. The molecule has 2 aliphatic rings. The summed E-state index contributed by atoms with van der Waals surface area (Å²) >= 11 is 1.53. The molecule has 1 fully saturated rings. The number of anilines is 1. The van der Waals surface area contributed by atoms with Crippen molar-refractivity contribution >= 4 is 28.3 Å². The number of nitrogens with one attached hydrogen (secondary N) is 2. The molecule has 1 unspecified atom stereocenters. The zero-order valence-electron chi connectivity index (χ0n) is 17.5. The van der Waals surface area contributed by atoms with Gasteiger partial charge < -0.3 is 15.4 Å². The minimum atomic E-state index is -0.237. The minimum Gasteiger partial charge on any atom is -0.379 e. The van der Waals surface area contributed by atoms with Crippen molar-refractivity contribution in [3.63, 3.8) is 0 Å². The molecule has 1 aliphatic carbocycles. The number of aromatic nitrogens is 1. The topological polar surface area (TPSA) is 90.3 Å². The maximum absolute atomic E-state index is 12.4. The molecule has 2 N–H and O–H groups in total. The fraction of sp³-hybridized carbons (Fsp3) is 0.435. The highest BCUT2D eigenvalue weighted by Crippen LogP contribution is 2.37. The number of nitriles is 1. The molecule has 3 heterocycles. The van der Waals surface area contributed by atoms with Crippen LogP contribution in [0.1, 0.15) is 28.0 Å². The molecule has 0 spiro atoms. The van der Waals surface area contributed by atoms with Gasteiger partial charge in [-0.05, 0) is 42.5 Å². The Labute approximate surface area is 186 Å². The van der Waals surface area contributed by atoms with Crippen molar-refractivity contribution in [2.45, 2.75) is 25.3 Å². The van der Waals surface area contributed by atoms with E-state index >= 15 is 0 Å². The molecule has 8 heteroatoms. The smallest absolute Gasteiger partial charge is 0.249 e. The van der Waals surface area contributed by atoms with Crippen LogP contribution in [0.25, 0.3) is 6.08 Å². The van der Waals surface area contributed by atoms with Gasteiger partial charge in [0.2, 0.25) is 5.91 Å². The summed E-state index contributed by atoms with van der Waals surface area (Å²) in [6.07, 6.45) is 9.36. The van der Waals surface area contributed by atoms with E-state index in [-0.39, 0.29) is 5.91 Å². The molecule has 1 saturated heterocycles. The molecule has 1 amide bonds. The molecule has 0 radical (unpaired) electrons. The molecular weight excluding hydrogens is 410 g/mol. The number of ether oxygens (including phenoxy) is 1. The van der Waals surface area contributed by atoms with Crippen molar-refractivity contribution in [3.8, 4) is 6.07 Å². The van der Waals surface area contributed by atoms with Crippen LogP contribution in [0, 0.1) is 11.3 Å². The summed E-state index contributed by atoms with van der Waals surface area (Å²) < 4.78 is 5.40. The van der Waals surface area contributed by atoms with Gasteiger partial charge in [0.05, 0.1) is 18.8 Å². The number of morpholine rings is 1. The first kappa shape index (κ1) is 21.7. The number of thiophene rings is 1. The molecule has 2 aromatic rings. The maximum Gasteiger partial charge on any atom is 0.249 e. The Morgan fingerprint density at radius 3 is 3.06 bits per heavy atom. The van der Waals surface area contributed by atoms with Crippen molar-refractivity contribution in [2.75, 3.05) is 44.7 Å². The van der Waals surface area contributed by atoms with Gasteiger partial charge in [0, 0.05) is 55.6 Å². The highest BCUT2D eigenvalue weighted by atomic mass is 32.1. The predicted molar refractivity (Wildman–Crippen MR) is 122 cm³/mol. The minimum absolute atomic E-state index is 0.237. The Kier molecular flexibility index (Phi) is 7.43. The summed E-state index contributed by atoms with van der Waals surface area (Å²) in [6.45, 7) is 5.65.